The van der Waals surface area contributed by atoms with Gasteiger partial charge in [0, 0.05) is 15.5 Å². The van der Waals surface area contributed by atoms with Crippen LogP contribution in [0, 0.1) is 0 Å². The average Bonchev–Trinajstić information content (AvgIpc) is 3.08. The van der Waals surface area contributed by atoms with Crippen LogP contribution in [-0.4, -0.2) is 16.2 Å². The van der Waals surface area contributed by atoms with E-state index in [1.807, 2.05) is 24.3 Å². The molecule has 2 N–H and O–H groups in total. The number of fused-ring (bicyclic) bond motifs is 1. The SMILES string of the molecule is O=C(O)CC1(c2cc3cc(Br)ccc3cc2O)CC1. The van der Waals surface area contributed by atoms with Crippen LogP contribution >= 0.6 is 15.9 Å². The van der Waals surface area contributed by atoms with Crippen LogP contribution in [0.5, 0.6) is 5.75 Å². The van der Waals surface area contributed by atoms with Crippen molar-refractivity contribution in [3.8, 4) is 5.75 Å². The average molecular weight is 321 g/mol. The second-order valence-electron chi connectivity index (χ2n) is 5.21. The third-order valence-electron chi connectivity index (χ3n) is 3.83. The number of benzene rings is 2. The smallest absolute Gasteiger partial charge is 0.304 e. The van der Waals surface area contributed by atoms with E-state index in [1.165, 1.54) is 0 Å². The molecule has 98 valence electrons. The number of carboxylic acid groups (broad SMARTS) is 1. The second-order valence-corrected chi connectivity index (χ2v) is 6.13. The van der Waals surface area contributed by atoms with Crippen molar-refractivity contribution in [3.05, 3.63) is 40.4 Å². The predicted octanol–water partition coefficient (Wildman–Crippen LogP) is 3.81. The van der Waals surface area contributed by atoms with Crippen LogP contribution in [0.4, 0.5) is 0 Å². The van der Waals surface area contributed by atoms with E-state index < -0.39 is 5.97 Å². The fourth-order valence-corrected chi connectivity index (χ4v) is 3.04. The van der Waals surface area contributed by atoms with Gasteiger partial charge in [-0.05, 0) is 47.9 Å². The summed E-state index contributed by atoms with van der Waals surface area (Å²) in [6.45, 7) is 0. The molecular formula is C15H13BrO3. The highest BCUT2D eigenvalue weighted by Gasteiger charge is 2.47. The predicted molar refractivity (Wildman–Crippen MR) is 76.5 cm³/mol. The first-order valence-corrected chi connectivity index (χ1v) is 6.94. The number of carbonyl (C=O) groups is 1. The van der Waals surface area contributed by atoms with Crippen molar-refractivity contribution in [2.75, 3.05) is 0 Å². The number of aliphatic carboxylic acids is 1. The zero-order valence-corrected chi connectivity index (χ0v) is 11.8. The quantitative estimate of drug-likeness (QED) is 0.904. The molecule has 0 aliphatic heterocycles. The van der Waals surface area contributed by atoms with E-state index in [0.717, 1.165) is 33.7 Å². The molecule has 19 heavy (non-hydrogen) atoms. The second kappa shape index (κ2) is 4.23. The van der Waals surface area contributed by atoms with Gasteiger partial charge < -0.3 is 10.2 Å². The Labute approximate surface area is 119 Å². The Morgan fingerprint density at radius 3 is 2.58 bits per heavy atom. The molecule has 4 heteroatoms. The van der Waals surface area contributed by atoms with Crippen LogP contribution in [0.1, 0.15) is 24.8 Å². The van der Waals surface area contributed by atoms with E-state index >= 15 is 0 Å². The molecule has 3 nitrogen and oxygen atoms in total. The van der Waals surface area contributed by atoms with Gasteiger partial charge in [-0.3, -0.25) is 4.79 Å². The fourth-order valence-electron chi connectivity index (χ4n) is 2.66. The molecule has 1 saturated carbocycles. The van der Waals surface area contributed by atoms with Crippen molar-refractivity contribution >= 4 is 32.7 Å². The number of phenols is 1. The molecule has 1 fully saturated rings. The molecule has 1 aliphatic carbocycles. The summed E-state index contributed by atoms with van der Waals surface area (Å²) < 4.78 is 0.972. The van der Waals surface area contributed by atoms with Gasteiger partial charge in [-0.1, -0.05) is 22.0 Å². The van der Waals surface area contributed by atoms with E-state index in [1.54, 1.807) is 6.07 Å². The van der Waals surface area contributed by atoms with Gasteiger partial charge in [0.15, 0.2) is 0 Å². The van der Waals surface area contributed by atoms with Crippen molar-refractivity contribution in [2.45, 2.75) is 24.7 Å². The fraction of sp³-hybridized carbons (Fsp3) is 0.267. The van der Waals surface area contributed by atoms with Gasteiger partial charge in [-0.2, -0.15) is 0 Å². The Kier molecular flexibility index (Phi) is 2.78. The first-order chi connectivity index (χ1) is 9.00. The Morgan fingerprint density at radius 1 is 1.21 bits per heavy atom. The molecular weight excluding hydrogens is 308 g/mol. The van der Waals surface area contributed by atoms with Crippen molar-refractivity contribution in [3.63, 3.8) is 0 Å². The van der Waals surface area contributed by atoms with Gasteiger partial charge in [0.25, 0.3) is 0 Å². The van der Waals surface area contributed by atoms with Crippen molar-refractivity contribution in [2.24, 2.45) is 0 Å². The summed E-state index contributed by atoms with van der Waals surface area (Å²) in [5.41, 5.74) is 0.396. The first-order valence-electron chi connectivity index (χ1n) is 6.15. The number of hydrogen-bond acceptors (Lipinski definition) is 2. The summed E-state index contributed by atoms with van der Waals surface area (Å²) in [5, 5.41) is 21.1. The lowest BCUT2D eigenvalue weighted by Crippen LogP contribution is -2.13. The lowest BCUT2D eigenvalue weighted by Gasteiger charge is -2.16. The minimum Gasteiger partial charge on any atom is -0.508 e. The normalized spacial score (nSPS) is 16.5. The molecule has 1 aliphatic rings. The molecule has 0 heterocycles. The molecule has 0 atom stereocenters. The molecule has 0 saturated heterocycles. The summed E-state index contributed by atoms with van der Waals surface area (Å²) in [7, 11) is 0. The summed E-state index contributed by atoms with van der Waals surface area (Å²) in [5.74, 6) is -0.611. The maximum atomic E-state index is 11.0. The van der Waals surface area contributed by atoms with E-state index in [9.17, 15) is 9.90 Å². The Morgan fingerprint density at radius 2 is 1.95 bits per heavy atom. The maximum absolute atomic E-state index is 11.0. The van der Waals surface area contributed by atoms with Crippen molar-refractivity contribution in [1.82, 2.24) is 0 Å². The zero-order valence-electron chi connectivity index (χ0n) is 10.2. The van der Waals surface area contributed by atoms with Crippen LogP contribution in [0.25, 0.3) is 10.8 Å². The number of phenolic OH excluding ortho intramolecular Hbond substituents is 1. The minimum absolute atomic E-state index is 0.0834. The standard InChI is InChI=1S/C15H13BrO3/c16-11-2-1-9-7-13(17)12(6-10(9)5-11)15(3-4-15)8-14(18)19/h1-2,5-7,17H,3-4,8H2,(H,18,19). The van der Waals surface area contributed by atoms with Crippen LogP contribution in [0.3, 0.4) is 0 Å². The van der Waals surface area contributed by atoms with E-state index in [-0.39, 0.29) is 17.6 Å². The maximum Gasteiger partial charge on any atom is 0.304 e. The number of halogens is 1. The summed E-state index contributed by atoms with van der Waals surface area (Å²) in [4.78, 5) is 11.0. The molecule has 3 rings (SSSR count). The molecule has 0 unspecified atom stereocenters. The summed E-state index contributed by atoms with van der Waals surface area (Å²) in [6.07, 6.45) is 1.73. The Balaban J connectivity index is 2.13. The minimum atomic E-state index is -0.814. The topological polar surface area (TPSA) is 57.5 Å². The molecule has 2 aromatic rings. The first kappa shape index (κ1) is 12.5. The summed E-state index contributed by atoms with van der Waals surface area (Å²) >= 11 is 3.43. The molecule has 0 aromatic heterocycles. The Hall–Kier alpha value is -1.55. The largest absolute Gasteiger partial charge is 0.508 e. The number of aromatic hydroxyl groups is 1. The molecule has 0 spiro atoms. The number of hydrogen-bond donors (Lipinski definition) is 2. The third kappa shape index (κ3) is 2.21. The molecule has 0 radical (unpaired) electrons. The van der Waals surface area contributed by atoms with Gasteiger partial charge in [0.1, 0.15) is 5.75 Å². The van der Waals surface area contributed by atoms with Gasteiger partial charge in [0.2, 0.25) is 0 Å². The van der Waals surface area contributed by atoms with E-state index in [2.05, 4.69) is 15.9 Å². The third-order valence-corrected chi connectivity index (χ3v) is 4.32. The van der Waals surface area contributed by atoms with Gasteiger partial charge in [-0.25, -0.2) is 0 Å². The highest BCUT2D eigenvalue weighted by atomic mass is 79.9. The molecule has 2 aromatic carbocycles. The highest BCUT2D eigenvalue weighted by Crippen LogP contribution is 2.54. The number of rotatable bonds is 3. The number of carboxylic acids is 1. The lowest BCUT2D eigenvalue weighted by atomic mass is 9.90. The molecule has 0 amide bonds. The van der Waals surface area contributed by atoms with Gasteiger partial charge in [-0.15, -0.1) is 0 Å². The highest BCUT2D eigenvalue weighted by molar-refractivity contribution is 9.10. The van der Waals surface area contributed by atoms with Gasteiger partial charge >= 0.3 is 5.97 Å². The summed E-state index contributed by atoms with van der Waals surface area (Å²) in [6, 6.07) is 9.48. The van der Waals surface area contributed by atoms with E-state index in [4.69, 9.17) is 5.11 Å². The van der Waals surface area contributed by atoms with Crippen LogP contribution in [0.15, 0.2) is 34.8 Å². The van der Waals surface area contributed by atoms with Crippen molar-refractivity contribution in [1.29, 1.82) is 0 Å². The van der Waals surface area contributed by atoms with E-state index in [0.29, 0.717) is 0 Å². The van der Waals surface area contributed by atoms with Gasteiger partial charge in [0.05, 0.1) is 6.42 Å². The lowest BCUT2D eigenvalue weighted by molar-refractivity contribution is -0.137. The molecule has 0 bridgehead atoms. The van der Waals surface area contributed by atoms with Crippen LogP contribution in [0.2, 0.25) is 0 Å². The van der Waals surface area contributed by atoms with Crippen molar-refractivity contribution < 1.29 is 15.0 Å². The monoisotopic (exact) mass is 320 g/mol. The Bertz CT molecular complexity index is 674. The zero-order chi connectivity index (χ0) is 13.6. The van der Waals surface area contributed by atoms with Crippen LogP contribution in [-0.2, 0) is 10.2 Å². The van der Waals surface area contributed by atoms with Crippen LogP contribution < -0.4 is 0 Å².